The number of hydrogen-bond acceptors (Lipinski definition) is 4. The summed E-state index contributed by atoms with van der Waals surface area (Å²) in [5.74, 6) is 0.237. The van der Waals surface area contributed by atoms with Gasteiger partial charge in [-0.2, -0.15) is 0 Å². The molecule has 15 heavy (non-hydrogen) atoms. The quantitative estimate of drug-likeness (QED) is 0.835. The van der Waals surface area contributed by atoms with Crippen molar-refractivity contribution in [2.75, 3.05) is 0 Å². The number of nitrogens with two attached hydrogens (primary N) is 1. The zero-order chi connectivity index (χ0) is 11.4. The Kier molecular flexibility index (Phi) is 4.42. The summed E-state index contributed by atoms with van der Waals surface area (Å²) >= 11 is 1.61. The Morgan fingerprint density at radius 2 is 2.20 bits per heavy atom. The van der Waals surface area contributed by atoms with Gasteiger partial charge in [0.05, 0.1) is 12.1 Å². The first-order chi connectivity index (χ1) is 6.99. The maximum Gasteiger partial charge on any atom is 0.139 e. The summed E-state index contributed by atoms with van der Waals surface area (Å²) in [6.07, 6.45) is 1.80. The zero-order valence-corrected chi connectivity index (χ0v) is 10.4. The summed E-state index contributed by atoms with van der Waals surface area (Å²) in [5, 5.41) is 0.930. The topological polar surface area (TPSA) is 56.0 Å². The van der Waals surface area contributed by atoms with Crippen LogP contribution in [0.25, 0.3) is 0 Å². The lowest BCUT2D eigenvalue weighted by molar-refractivity contribution is -0.118. The van der Waals surface area contributed by atoms with E-state index in [4.69, 9.17) is 5.73 Å². The van der Waals surface area contributed by atoms with Gasteiger partial charge in [-0.25, -0.2) is 4.98 Å². The minimum atomic E-state index is 0.105. The molecule has 1 aromatic rings. The van der Waals surface area contributed by atoms with Crippen LogP contribution in [0.1, 0.15) is 35.3 Å². The Morgan fingerprint density at radius 1 is 1.53 bits per heavy atom. The van der Waals surface area contributed by atoms with Crippen LogP contribution >= 0.6 is 11.3 Å². The molecule has 0 aliphatic carbocycles. The summed E-state index contributed by atoms with van der Waals surface area (Å²) in [4.78, 5) is 17.1. The maximum absolute atomic E-state index is 11.5. The molecule has 1 rings (SSSR count). The third-order valence-electron chi connectivity index (χ3n) is 2.30. The lowest BCUT2D eigenvalue weighted by Crippen LogP contribution is -2.16. The molecule has 0 saturated heterocycles. The van der Waals surface area contributed by atoms with Crippen molar-refractivity contribution in [3.8, 4) is 0 Å². The van der Waals surface area contributed by atoms with Crippen molar-refractivity contribution in [2.45, 2.75) is 46.1 Å². The Balaban J connectivity index is 2.44. The Bertz CT molecular complexity index is 325. The van der Waals surface area contributed by atoms with Crippen molar-refractivity contribution in [3.63, 3.8) is 0 Å². The van der Waals surface area contributed by atoms with E-state index in [1.165, 1.54) is 4.88 Å². The van der Waals surface area contributed by atoms with E-state index in [0.29, 0.717) is 12.8 Å². The predicted molar refractivity (Wildman–Crippen MR) is 63.2 cm³/mol. The van der Waals surface area contributed by atoms with Crippen LogP contribution in [0.3, 0.4) is 0 Å². The molecule has 0 fully saturated rings. The second-order valence-corrected chi connectivity index (χ2v) is 5.27. The average molecular weight is 226 g/mol. The van der Waals surface area contributed by atoms with Crippen LogP contribution in [0.2, 0.25) is 0 Å². The van der Waals surface area contributed by atoms with Crippen LogP contribution in [0.15, 0.2) is 0 Å². The highest BCUT2D eigenvalue weighted by atomic mass is 32.1. The summed E-state index contributed by atoms with van der Waals surface area (Å²) in [6, 6.07) is 0.105. The number of aromatic nitrogens is 1. The van der Waals surface area contributed by atoms with E-state index in [1.54, 1.807) is 11.3 Å². The van der Waals surface area contributed by atoms with Gasteiger partial charge in [0, 0.05) is 17.3 Å². The summed E-state index contributed by atoms with van der Waals surface area (Å²) < 4.78 is 0. The van der Waals surface area contributed by atoms with Crippen molar-refractivity contribution < 1.29 is 4.79 Å². The van der Waals surface area contributed by atoms with E-state index >= 15 is 0 Å². The highest BCUT2D eigenvalue weighted by Gasteiger charge is 2.09. The summed E-state index contributed by atoms with van der Waals surface area (Å²) in [5.41, 5.74) is 6.63. The highest BCUT2D eigenvalue weighted by Crippen LogP contribution is 2.17. The monoisotopic (exact) mass is 226 g/mol. The smallest absolute Gasteiger partial charge is 0.139 e. The van der Waals surface area contributed by atoms with Crippen LogP contribution < -0.4 is 5.73 Å². The molecule has 0 aliphatic rings. The lowest BCUT2D eigenvalue weighted by Gasteiger charge is -2.02. The van der Waals surface area contributed by atoms with Crippen LogP contribution in [0.4, 0.5) is 0 Å². The van der Waals surface area contributed by atoms with E-state index < -0.39 is 0 Å². The fraction of sp³-hybridized carbons (Fsp3) is 0.636. The number of ketones is 1. The molecule has 84 valence electrons. The maximum atomic E-state index is 11.5. The first-order valence-electron chi connectivity index (χ1n) is 5.19. The standard InChI is InChI=1S/C11H18N2OS/c1-7(12)4-5-10(14)6-11-13-8(2)9(3)15-11/h7H,4-6,12H2,1-3H3. The van der Waals surface area contributed by atoms with Crippen LogP contribution in [-0.4, -0.2) is 16.8 Å². The number of carbonyl (C=O) groups excluding carboxylic acids is 1. The van der Waals surface area contributed by atoms with Crippen molar-refractivity contribution >= 4 is 17.1 Å². The summed E-state index contributed by atoms with van der Waals surface area (Å²) in [7, 11) is 0. The third-order valence-corrected chi connectivity index (χ3v) is 3.37. The molecule has 4 heteroatoms. The molecule has 2 N–H and O–H groups in total. The number of carbonyl (C=O) groups is 1. The second-order valence-electron chi connectivity index (χ2n) is 3.98. The number of nitrogens with zero attached hydrogens (tertiary/aromatic N) is 1. The van der Waals surface area contributed by atoms with Crippen LogP contribution in [0, 0.1) is 13.8 Å². The highest BCUT2D eigenvalue weighted by molar-refractivity contribution is 7.11. The van der Waals surface area contributed by atoms with E-state index in [9.17, 15) is 4.79 Å². The Labute approximate surface area is 94.7 Å². The van der Waals surface area contributed by atoms with E-state index in [1.807, 2.05) is 20.8 Å². The average Bonchev–Trinajstić information content (AvgIpc) is 2.42. The zero-order valence-electron chi connectivity index (χ0n) is 9.54. The predicted octanol–water partition coefficient (Wildman–Crippen LogP) is 2.00. The van der Waals surface area contributed by atoms with Gasteiger partial charge in [-0.15, -0.1) is 11.3 Å². The molecule has 1 aromatic heterocycles. The SMILES string of the molecule is Cc1nc(CC(=O)CCC(C)N)sc1C. The second kappa shape index (κ2) is 5.37. The Morgan fingerprint density at radius 3 is 2.67 bits per heavy atom. The van der Waals surface area contributed by atoms with E-state index in [-0.39, 0.29) is 11.8 Å². The molecule has 0 radical (unpaired) electrons. The van der Waals surface area contributed by atoms with Gasteiger partial charge in [-0.1, -0.05) is 0 Å². The molecule has 0 amide bonds. The molecule has 1 heterocycles. The number of Topliss-reactive ketones (excluding diaryl/α,β-unsaturated/α-hetero) is 1. The van der Waals surface area contributed by atoms with Gasteiger partial charge in [0.15, 0.2) is 0 Å². The first-order valence-corrected chi connectivity index (χ1v) is 6.01. The van der Waals surface area contributed by atoms with Crippen LogP contribution in [0.5, 0.6) is 0 Å². The van der Waals surface area contributed by atoms with Gasteiger partial charge in [0.1, 0.15) is 10.8 Å². The molecule has 3 nitrogen and oxygen atoms in total. The molecule has 1 unspecified atom stereocenters. The molecule has 0 aromatic carbocycles. The fourth-order valence-electron chi connectivity index (χ4n) is 1.26. The minimum Gasteiger partial charge on any atom is -0.328 e. The third kappa shape index (κ3) is 4.10. The van der Waals surface area contributed by atoms with E-state index in [2.05, 4.69) is 4.98 Å². The van der Waals surface area contributed by atoms with Crippen LogP contribution in [-0.2, 0) is 11.2 Å². The lowest BCUT2D eigenvalue weighted by atomic mass is 10.1. The number of thiazole rings is 1. The molecule has 0 bridgehead atoms. The number of aryl methyl sites for hydroxylation is 2. The van der Waals surface area contributed by atoms with Gasteiger partial charge in [0.25, 0.3) is 0 Å². The normalized spacial score (nSPS) is 12.8. The molecule has 0 saturated carbocycles. The molecular formula is C11H18N2OS. The molecule has 0 aliphatic heterocycles. The van der Waals surface area contributed by atoms with Crippen molar-refractivity contribution in [1.29, 1.82) is 0 Å². The van der Waals surface area contributed by atoms with Crippen molar-refractivity contribution in [1.82, 2.24) is 4.98 Å². The molecular weight excluding hydrogens is 208 g/mol. The van der Waals surface area contributed by atoms with Gasteiger partial charge in [0.2, 0.25) is 0 Å². The minimum absolute atomic E-state index is 0.105. The van der Waals surface area contributed by atoms with E-state index in [0.717, 1.165) is 17.1 Å². The molecule has 0 spiro atoms. The van der Waals surface area contributed by atoms with Gasteiger partial charge in [-0.05, 0) is 27.2 Å². The van der Waals surface area contributed by atoms with Gasteiger partial charge in [-0.3, -0.25) is 4.79 Å². The number of hydrogen-bond donors (Lipinski definition) is 1. The largest absolute Gasteiger partial charge is 0.328 e. The fourth-order valence-corrected chi connectivity index (χ4v) is 2.22. The Hall–Kier alpha value is -0.740. The van der Waals surface area contributed by atoms with Gasteiger partial charge >= 0.3 is 0 Å². The molecule has 1 atom stereocenters. The number of rotatable bonds is 5. The van der Waals surface area contributed by atoms with Gasteiger partial charge < -0.3 is 5.73 Å². The summed E-state index contributed by atoms with van der Waals surface area (Å²) in [6.45, 7) is 5.93. The van der Waals surface area contributed by atoms with Crippen molar-refractivity contribution in [3.05, 3.63) is 15.6 Å². The van der Waals surface area contributed by atoms with Crippen molar-refractivity contribution in [2.24, 2.45) is 5.73 Å². The first kappa shape index (κ1) is 12.3.